The SMILES string of the molecule is CCC1COCC2c3nc(c(O)c(=O)n31)C(=O)NCc1cc(C)c(F)cc1OCCC=CC(=O)N2C. The van der Waals surface area contributed by atoms with E-state index in [1.54, 1.807) is 26.1 Å². The normalized spacial score (nSPS) is 20.8. The van der Waals surface area contributed by atoms with E-state index in [1.807, 2.05) is 6.92 Å². The van der Waals surface area contributed by atoms with Gasteiger partial charge in [0.05, 0.1) is 25.9 Å². The second kappa shape index (κ2) is 10.5. The van der Waals surface area contributed by atoms with Crippen molar-refractivity contribution >= 4 is 11.8 Å². The highest BCUT2D eigenvalue weighted by molar-refractivity contribution is 5.94. The molecular formula is C25H29FN4O6. The predicted octanol–water partition coefficient (Wildman–Crippen LogP) is 2.15. The average Bonchev–Trinajstić information content (AvgIpc) is 3.04. The molecule has 0 fully saturated rings. The van der Waals surface area contributed by atoms with E-state index in [2.05, 4.69) is 10.3 Å². The van der Waals surface area contributed by atoms with E-state index < -0.39 is 40.8 Å². The van der Waals surface area contributed by atoms with Crippen LogP contribution in [-0.2, 0) is 16.1 Å². The molecule has 2 aliphatic rings. The number of aromatic nitrogens is 2. The molecule has 192 valence electrons. The Kier molecular flexibility index (Phi) is 7.39. The number of ether oxygens (including phenoxy) is 2. The third kappa shape index (κ3) is 4.83. The summed E-state index contributed by atoms with van der Waals surface area (Å²) in [5, 5.41) is 13.3. The van der Waals surface area contributed by atoms with Crippen LogP contribution in [0.1, 0.15) is 59.3 Å². The molecule has 10 nitrogen and oxygen atoms in total. The quantitative estimate of drug-likeness (QED) is 0.615. The van der Waals surface area contributed by atoms with Gasteiger partial charge in [0.15, 0.2) is 5.69 Å². The summed E-state index contributed by atoms with van der Waals surface area (Å²) >= 11 is 0. The monoisotopic (exact) mass is 500 g/mol. The van der Waals surface area contributed by atoms with E-state index in [-0.39, 0.29) is 43.8 Å². The minimum absolute atomic E-state index is 0.0484. The minimum Gasteiger partial charge on any atom is -0.501 e. The van der Waals surface area contributed by atoms with Gasteiger partial charge in [-0.2, -0.15) is 0 Å². The lowest BCUT2D eigenvalue weighted by molar-refractivity contribution is -0.128. The summed E-state index contributed by atoms with van der Waals surface area (Å²) in [6, 6.07) is 1.59. The Labute approximate surface area is 207 Å². The number of likely N-dealkylation sites (N-methyl/N-ethyl adjacent to an activating group) is 1. The van der Waals surface area contributed by atoms with Gasteiger partial charge < -0.3 is 24.8 Å². The van der Waals surface area contributed by atoms with Crippen LogP contribution in [0.2, 0.25) is 0 Å². The first-order valence-electron chi connectivity index (χ1n) is 11.8. The molecule has 0 aliphatic carbocycles. The molecule has 2 amide bonds. The van der Waals surface area contributed by atoms with Crippen molar-refractivity contribution in [1.82, 2.24) is 19.8 Å². The predicted molar refractivity (Wildman–Crippen MR) is 127 cm³/mol. The maximum absolute atomic E-state index is 14.2. The number of aryl methyl sites for hydroxylation is 1. The number of amides is 2. The van der Waals surface area contributed by atoms with Crippen LogP contribution in [0.3, 0.4) is 0 Å². The third-order valence-electron chi connectivity index (χ3n) is 6.45. The molecule has 4 rings (SSSR count). The van der Waals surface area contributed by atoms with Gasteiger partial charge in [-0.15, -0.1) is 0 Å². The summed E-state index contributed by atoms with van der Waals surface area (Å²) in [5.74, 6) is -2.02. The van der Waals surface area contributed by atoms with E-state index in [0.29, 0.717) is 24.0 Å². The van der Waals surface area contributed by atoms with Gasteiger partial charge in [0.25, 0.3) is 11.5 Å². The number of benzene rings is 1. The van der Waals surface area contributed by atoms with Crippen molar-refractivity contribution in [2.45, 2.75) is 45.3 Å². The lowest BCUT2D eigenvalue weighted by Crippen LogP contribution is -2.39. The smallest absolute Gasteiger partial charge is 0.296 e. The van der Waals surface area contributed by atoms with Crippen molar-refractivity contribution in [3.8, 4) is 11.5 Å². The highest BCUT2D eigenvalue weighted by atomic mass is 19.1. The standard InChI is InChI=1S/C25H29FN4O6/c1-4-16-12-35-13-18-23-28-21(22(32)25(34)30(16)23)24(33)27-11-15-9-14(2)17(26)10-19(15)36-8-6-5-7-20(31)29(18)3/h5,7,9-10,16,18,32H,4,6,8,11-13H2,1-3H3,(H,27,33). The molecule has 0 saturated heterocycles. The molecule has 2 atom stereocenters. The van der Waals surface area contributed by atoms with Gasteiger partial charge in [0, 0.05) is 25.2 Å². The number of nitrogens with zero attached hydrogens (tertiary/aromatic N) is 3. The highest BCUT2D eigenvalue weighted by Crippen LogP contribution is 2.28. The van der Waals surface area contributed by atoms with E-state index in [1.165, 1.54) is 21.6 Å². The van der Waals surface area contributed by atoms with Crippen LogP contribution >= 0.6 is 0 Å². The maximum Gasteiger partial charge on any atom is 0.296 e. The molecule has 11 heteroatoms. The van der Waals surface area contributed by atoms with Crippen LogP contribution in [-0.4, -0.2) is 58.2 Å². The Morgan fingerprint density at radius 1 is 1.25 bits per heavy atom. The number of carbonyl (C=O) groups excluding carboxylic acids is 2. The van der Waals surface area contributed by atoms with Gasteiger partial charge >= 0.3 is 0 Å². The topological polar surface area (TPSA) is 123 Å². The zero-order chi connectivity index (χ0) is 26.0. The Balaban J connectivity index is 1.84. The fourth-order valence-corrected chi connectivity index (χ4v) is 4.28. The van der Waals surface area contributed by atoms with E-state index in [9.17, 15) is 23.9 Å². The number of hydrogen-bond acceptors (Lipinski definition) is 7. The first-order chi connectivity index (χ1) is 17.2. The summed E-state index contributed by atoms with van der Waals surface area (Å²) in [4.78, 5) is 45.0. The van der Waals surface area contributed by atoms with Crippen molar-refractivity contribution in [1.29, 1.82) is 0 Å². The fourth-order valence-electron chi connectivity index (χ4n) is 4.28. The molecule has 1 aromatic carbocycles. The summed E-state index contributed by atoms with van der Waals surface area (Å²) in [6.07, 6.45) is 3.92. The third-order valence-corrected chi connectivity index (χ3v) is 6.45. The molecule has 36 heavy (non-hydrogen) atoms. The largest absolute Gasteiger partial charge is 0.501 e. The molecule has 0 spiro atoms. The number of rotatable bonds is 1. The zero-order valence-electron chi connectivity index (χ0n) is 20.4. The number of hydrogen-bond donors (Lipinski definition) is 2. The fraction of sp³-hybridized carbons (Fsp3) is 0.440. The Morgan fingerprint density at radius 2 is 2.03 bits per heavy atom. The first-order valence-corrected chi connectivity index (χ1v) is 11.8. The van der Waals surface area contributed by atoms with Crippen LogP contribution in [0.25, 0.3) is 0 Å². The van der Waals surface area contributed by atoms with Crippen molar-refractivity contribution in [3.05, 3.63) is 63.1 Å². The lowest BCUT2D eigenvalue weighted by Gasteiger charge is -2.27. The van der Waals surface area contributed by atoms with Crippen LogP contribution in [0.5, 0.6) is 11.5 Å². The van der Waals surface area contributed by atoms with E-state index in [0.717, 1.165) is 0 Å². The van der Waals surface area contributed by atoms with Crippen molar-refractivity contribution in [3.63, 3.8) is 0 Å². The van der Waals surface area contributed by atoms with Gasteiger partial charge in [-0.1, -0.05) is 13.0 Å². The van der Waals surface area contributed by atoms with Gasteiger partial charge in [-0.25, -0.2) is 9.37 Å². The average molecular weight is 501 g/mol. The van der Waals surface area contributed by atoms with Crippen LogP contribution < -0.4 is 15.6 Å². The summed E-state index contributed by atoms with van der Waals surface area (Å²) in [6.45, 7) is 3.84. The Hall–Kier alpha value is -3.73. The number of nitrogens with one attached hydrogen (secondary N) is 1. The Bertz CT molecular complexity index is 1270. The van der Waals surface area contributed by atoms with Gasteiger partial charge in [-0.3, -0.25) is 19.0 Å². The molecule has 2 unspecified atom stereocenters. The molecule has 2 bridgehead atoms. The summed E-state index contributed by atoms with van der Waals surface area (Å²) < 4.78 is 27.0. The molecule has 2 aromatic rings. The molecule has 3 heterocycles. The summed E-state index contributed by atoms with van der Waals surface area (Å²) in [7, 11) is 1.55. The number of fused-ring (bicyclic) bond motifs is 2. The lowest BCUT2D eigenvalue weighted by atomic mass is 10.1. The highest BCUT2D eigenvalue weighted by Gasteiger charge is 2.34. The molecule has 0 radical (unpaired) electrons. The van der Waals surface area contributed by atoms with Gasteiger partial charge in [0.2, 0.25) is 11.7 Å². The number of aromatic hydroxyl groups is 1. The van der Waals surface area contributed by atoms with Crippen molar-refractivity contribution in [2.24, 2.45) is 0 Å². The van der Waals surface area contributed by atoms with E-state index >= 15 is 0 Å². The number of halogens is 1. The second-order valence-corrected chi connectivity index (χ2v) is 8.84. The van der Waals surface area contributed by atoms with E-state index in [4.69, 9.17) is 9.47 Å². The minimum atomic E-state index is -0.794. The first kappa shape index (κ1) is 25.4. The van der Waals surface area contributed by atoms with Crippen molar-refractivity contribution < 1.29 is 28.6 Å². The Morgan fingerprint density at radius 3 is 2.78 bits per heavy atom. The molecule has 2 aliphatic heterocycles. The van der Waals surface area contributed by atoms with Gasteiger partial charge in [-0.05, 0) is 37.5 Å². The second-order valence-electron chi connectivity index (χ2n) is 8.84. The van der Waals surface area contributed by atoms with Crippen LogP contribution in [0.4, 0.5) is 4.39 Å². The maximum atomic E-state index is 14.2. The molecule has 1 aromatic heterocycles. The zero-order valence-corrected chi connectivity index (χ0v) is 20.4. The number of carbonyl (C=O) groups is 2. The van der Waals surface area contributed by atoms with Crippen LogP contribution in [0, 0.1) is 12.7 Å². The molecular weight excluding hydrogens is 471 g/mol. The molecule has 2 N–H and O–H groups in total. The van der Waals surface area contributed by atoms with Crippen LogP contribution in [0.15, 0.2) is 29.1 Å². The molecule has 0 saturated carbocycles. The summed E-state index contributed by atoms with van der Waals surface area (Å²) in [5.41, 5.74) is -0.367. The van der Waals surface area contributed by atoms with Crippen molar-refractivity contribution in [2.75, 3.05) is 26.9 Å². The van der Waals surface area contributed by atoms with Gasteiger partial charge in [0.1, 0.15) is 23.4 Å².